The zero-order chi connectivity index (χ0) is 55.0. The molecule has 5 aromatic rings. The lowest BCUT2D eigenvalue weighted by molar-refractivity contribution is -0.192. The molecule has 0 spiro atoms. The number of nitrogens with zero attached hydrogens (tertiary/aromatic N) is 3. The summed E-state index contributed by atoms with van der Waals surface area (Å²) in [5.74, 6) is -6.78. The number of anilines is 3. The summed E-state index contributed by atoms with van der Waals surface area (Å²) in [4.78, 5) is 87.3. The molecule has 4 aromatic carbocycles. The number of hydrogen-bond acceptors (Lipinski definition) is 12. The first-order chi connectivity index (χ1) is 35.8. The molecule has 9 rings (SSSR count). The Morgan fingerprint density at radius 1 is 0.895 bits per heavy atom. The molecule has 3 saturated heterocycles. The van der Waals surface area contributed by atoms with Gasteiger partial charge in [0.2, 0.25) is 21.8 Å². The molecule has 4 aliphatic heterocycles. The molecule has 1 aromatic heterocycles. The number of urea groups is 1. The summed E-state index contributed by atoms with van der Waals surface area (Å²) in [6, 6.07) is 22.4. The van der Waals surface area contributed by atoms with Gasteiger partial charge < -0.3 is 35.6 Å². The standard InChI is InChI=1S/C49H49ClN6O11S2.C2HF3O2/c1-49(2)24-32(51-31-9-4-7-29(23-31)43-41(50)42(67-25-39(58)59)44(68-43)47(62)63)18-21-55(49)69(65,66)26-27-6-3-8-30(22-27)52-48(64)54-19-16-28(17-20-54)33-12-13-36-40-34(33)10-5-11-35(40)46(61)56(36)37-14-15-38(57)53-45(37)60;3-2(4,5)1(6)7/h3-13,22-23,28,32,37,51H,14-21,24-26H2,1-2H3,(H,52,64)(H,58,59)(H,62,63)(H,53,57,60);(H,6,7)/t32-,37-;/m0./s1. The Bertz CT molecular complexity index is 3290. The highest BCUT2D eigenvalue weighted by Gasteiger charge is 2.43. The van der Waals surface area contributed by atoms with Gasteiger partial charge in [-0.15, -0.1) is 11.3 Å². The lowest BCUT2D eigenvalue weighted by atomic mass is 9.85. The minimum Gasteiger partial charge on any atom is -0.479 e. The maximum atomic E-state index is 14.1. The van der Waals surface area contributed by atoms with E-state index in [0.29, 0.717) is 77.4 Å². The van der Waals surface area contributed by atoms with E-state index in [2.05, 4.69) is 16.0 Å². The van der Waals surface area contributed by atoms with Crippen molar-refractivity contribution in [3.8, 4) is 16.2 Å². The Morgan fingerprint density at radius 3 is 2.24 bits per heavy atom. The number of aliphatic carboxylic acids is 2. The minimum atomic E-state index is -5.08. The van der Waals surface area contributed by atoms with Crippen molar-refractivity contribution in [1.82, 2.24) is 14.5 Å². The van der Waals surface area contributed by atoms with Crippen LogP contribution in [0.15, 0.2) is 78.9 Å². The number of rotatable bonds is 13. The topological polar surface area (TPSA) is 269 Å². The highest BCUT2D eigenvalue weighted by molar-refractivity contribution is 7.88. The van der Waals surface area contributed by atoms with Crippen LogP contribution in [0.25, 0.3) is 21.2 Å². The summed E-state index contributed by atoms with van der Waals surface area (Å²) in [6.45, 7) is 4.22. The average Bonchev–Trinajstić information content (AvgIpc) is 3.89. The second-order valence-electron chi connectivity index (χ2n) is 19.2. The van der Waals surface area contributed by atoms with Gasteiger partial charge in [-0.3, -0.25) is 24.6 Å². The van der Waals surface area contributed by atoms with Crippen LogP contribution in [0.2, 0.25) is 5.02 Å². The van der Waals surface area contributed by atoms with Gasteiger partial charge in [0.25, 0.3) is 5.91 Å². The highest BCUT2D eigenvalue weighted by atomic mass is 35.5. The third kappa shape index (κ3) is 11.7. The summed E-state index contributed by atoms with van der Waals surface area (Å²) in [5.41, 5.74) is 3.78. The molecule has 5 amide bonds. The van der Waals surface area contributed by atoms with Crippen molar-refractivity contribution in [1.29, 1.82) is 0 Å². The van der Waals surface area contributed by atoms with Gasteiger partial charge in [0.15, 0.2) is 17.2 Å². The molecule has 0 bridgehead atoms. The average molecular weight is 1110 g/mol. The number of sulfonamides is 1. The van der Waals surface area contributed by atoms with E-state index in [1.165, 1.54) is 9.21 Å². The zero-order valence-electron chi connectivity index (χ0n) is 40.6. The van der Waals surface area contributed by atoms with Crippen molar-refractivity contribution in [2.45, 2.75) is 87.8 Å². The number of benzene rings is 4. The van der Waals surface area contributed by atoms with Crippen molar-refractivity contribution in [3.05, 3.63) is 105 Å². The third-order valence-corrected chi connectivity index (χ3v) is 17.3. The molecule has 2 atom stereocenters. The summed E-state index contributed by atoms with van der Waals surface area (Å²) in [7, 11) is -3.82. The lowest BCUT2D eigenvalue weighted by Gasteiger charge is -2.45. The minimum absolute atomic E-state index is 0.00340. The van der Waals surface area contributed by atoms with E-state index >= 15 is 0 Å². The number of carbonyl (C=O) groups is 7. The van der Waals surface area contributed by atoms with Crippen LogP contribution in [-0.4, -0.2) is 125 Å². The molecule has 402 valence electrons. The van der Waals surface area contributed by atoms with E-state index in [1.54, 1.807) is 53.4 Å². The second kappa shape index (κ2) is 21.8. The normalized spacial score (nSPS) is 18.9. The number of ether oxygens (including phenoxy) is 1. The predicted octanol–water partition coefficient (Wildman–Crippen LogP) is 8.38. The smallest absolute Gasteiger partial charge is 0.479 e. The molecule has 76 heavy (non-hydrogen) atoms. The van der Waals surface area contributed by atoms with Gasteiger partial charge in [-0.2, -0.15) is 17.5 Å². The number of aromatic carboxylic acids is 1. The van der Waals surface area contributed by atoms with Crippen LogP contribution in [0, 0.1) is 0 Å². The van der Waals surface area contributed by atoms with Crippen LogP contribution in [0.5, 0.6) is 5.75 Å². The second-order valence-corrected chi connectivity index (χ2v) is 22.5. The van der Waals surface area contributed by atoms with Gasteiger partial charge in [-0.1, -0.05) is 54.1 Å². The Labute approximate surface area is 441 Å². The predicted molar refractivity (Wildman–Crippen MR) is 275 cm³/mol. The zero-order valence-corrected chi connectivity index (χ0v) is 43.0. The Kier molecular flexibility index (Phi) is 15.7. The van der Waals surface area contributed by atoms with E-state index in [4.69, 9.17) is 31.3 Å². The van der Waals surface area contributed by atoms with E-state index in [-0.39, 0.29) is 70.6 Å². The molecular formula is C51H50ClF3N6O13S2. The number of alkyl halides is 3. The molecular weight excluding hydrogens is 1060 g/mol. The van der Waals surface area contributed by atoms with Crippen molar-refractivity contribution in [2.75, 3.05) is 41.8 Å². The van der Waals surface area contributed by atoms with Gasteiger partial charge >= 0.3 is 30.1 Å². The maximum absolute atomic E-state index is 14.1. The summed E-state index contributed by atoms with van der Waals surface area (Å²) < 4.78 is 66.7. The molecule has 3 fully saturated rings. The fourth-order valence-electron chi connectivity index (χ4n) is 10.2. The van der Waals surface area contributed by atoms with E-state index in [1.807, 2.05) is 44.2 Å². The number of carboxylic acids is 3. The quantitative estimate of drug-likeness (QED) is 0.0605. The number of halogens is 4. The van der Waals surface area contributed by atoms with Gasteiger partial charge in [-0.05, 0) is 110 Å². The van der Waals surface area contributed by atoms with Gasteiger partial charge in [0.05, 0.1) is 16.3 Å². The van der Waals surface area contributed by atoms with Crippen LogP contribution in [0.4, 0.5) is 35.0 Å². The summed E-state index contributed by atoms with van der Waals surface area (Å²) in [6.07, 6.45) is -2.34. The monoisotopic (exact) mass is 1110 g/mol. The Hall–Kier alpha value is -7.28. The third-order valence-electron chi connectivity index (χ3n) is 13.6. The molecule has 0 unspecified atom stereocenters. The van der Waals surface area contributed by atoms with Gasteiger partial charge in [0, 0.05) is 60.0 Å². The number of carboxylic acid groups (broad SMARTS) is 3. The van der Waals surface area contributed by atoms with E-state index in [0.717, 1.165) is 27.7 Å². The van der Waals surface area contributed by atoms with Crippen LogP contribution in [0.3, 0.4) is 0 Å². The van der Waals surface area contributed by atoms with Crippen LogP contribution in [0.1, 0.15) is 89.4 Å². The molecule has 0 saturated carbocycles. The first-order valence-electron chi connectivity index (χ1n) is 23.8. The van der Waals surface area contributed by atoms with Crippen LogP contribution >= 0.6 is 22.9 Å². The first-order valence-corrected chi connectivity index (χ1v) is 26.6. The fraction of sp³-hybridized carbons (Fsp3) is 0.353. The number of thiophene rings is 1. The molecule has 19 nitrogen and oxygen atoms in total. The largest absolute Gasteiger partial charge is 0.490 e. The molecule has 0 aliphatic carbocycles. The van der Waals surface area contributed by atoms with E-state index in [9.17, 15) is 55.5 Å². The fourth-order valence-corrected chi connectivity index (χ4v) is 13.6. The molecule has 5 heterocycles. The molecule has 25 heteroatoms. The lowest BCUT2D eigenvalue weighted by Crippen LogP contribution is -2.55. The van der Waals surface area contributed by atoms with Crippen molar-refractivity contribution >= 4 is 102 Å². The number of hydrogen-bond donors (Lipinski definition) is 6. The number of carbonyl (C=O) groups excluding carboxylic acids is 4. The number of imide groups is 1. The van der Waals surface area contributed by atoms with Crippen LogP contribution < -0.4 is 25.6 Å². The molecule has 0 radical (unpaired) electrons. The first kappa shape index (κ1) is 55.0. The maximum Gasteiger partial charge on any atom is 0.490 e. The number of amides is 5. The van der Waals surface area contributed by atoms with Gasteiger partial charge in [-0.25, -0.2) is 27.6 Å². The summed E-state index contributed by atoms with van der Waals surface area (Å²) in [5, 5.41) is 36.5. The Balaban J connectivity index is 0.00000102. The number of nitrogens with one attached hydrogen (secondary N) is 3. The number of likely N-dealkylation sites (tertiary alicyclic amines) is 1. The molecule has 6 N–H and O–H groups in total. The van der Waals surface area contributed by atoms with Gasteiger partial charge in [0.1, 0.15) is 11.1 Å². The number of piperidine rings is 3. The van der Waals surface area contributed by atoms with Crippen molar-refractivity contribution in [3.63, 3.8) is 0 Å². The van der Waals surface area contributed by atoms with E-state index < -0.39 is 58.2 Å². The van der Waals surface area contributed by atoms with Crippen molar-refractivity contribution < 1.29 is 75.2 Å². The molecule has 4 aliphatic rings. The van der Waals surface area contributed by atoms with Crippen LogP contribution in [-0.2, 0) is 35.0 Å². The SMILES string of the molecule is CC1(C)C[C@@H](Nc2cccc(-c3sc(C(=O)O)c(OCC(=O)O)c3Cl)c2)CCN1S(=O)(=O)Cc1cccc(NC(=O)N2CCC(c3ccc4c5c(cccc35)C(=O)N4[C@H]3CCC(=O)NC3=O)CC2)c1.O=C(O)C(F)(F)F. The Morgan fingerprint density at radius 2 is 1.58 bits per heavy atom. The highest BCUT2D eigenvalue weighted by Crippen LogP contribution is 2.47. The summed E-state index contributed by atoms with van der Waals surface area (Å²) >= 11 is 7.41. The van der Waals surface area contributed by atoms with Crippen molar-refractivity contribution in [2.24, 2.45) is 0 Å².